The third-order valence-electron chi connectivity index (χ3n) is 4.19. The number of rotatable bonds is 7. The molecule has 2 aromatic rings. The Bertz CT molecular complexity index is 619. The number of aromatic nitrogens is 2. The van der Waals surface area contributed by atoms with Crippen LogP contribution in [0.3, 0.4) is 0 Å². The minimum atomic E-state index is -0.164. The monoisotopic (exact) mass is 328 g/mol. The van der Waals surface area contributed by atoms with Crippen molar-refractivity contribution in [2.45, 2.75) is 38.2 Å². The lowest BCUT2D eigenvalue weighted by atomic mass is 10.1. The van der Waals surface area contributed by atoms with E-state index in [-0.39, 0.29) is 6.03 Å². The number of amides is 2. The standard InChI is InChI=1S/C18H24N4O2/c23-18(20-10-2-1-4-17-5-3-13-24-17)21-15-6-8-16(9-7-15)22-12-11-19-14-22/h6-9,11-12,14,17H,1-5,10,13H2,(H2,20,21,23)/t17-/m1/s1. The molecule has 1 aromatic carbocycles. The maximum absolute atomic E-state index is 11.9. The Balaban J connectivity index is 1.34. The molecule has 2 heterocycles. The van der Waals surface area contributed by atoms with Gasteiger partial charge in [-0.2, -0.15) is 0 Å². The number of anilines is 1. The molecule has 2 N–H and O–H groups in total. The Hall–Kier alpha value is -2.34. The molecule has 6 heteroatoms. The van der Waals surface area contributed by atoms with Crippen LogP contribution in [0.4, 0.5) is 10.5 Å². The minimum absolute atomic E-state index is 0.164. The number of hydrogen-bond acceptors (Lipinski definition) is 3. The van der Waals surface area contributed by atoms with E-state index in [0.29, 0.717) is 12.6 Å². The van der Waals surface area contributed by atoms with Gasteiger partial charge in [-0.1, -0.05) is 0 Å². The number of urea groups is 1. The van der Waals surface area contributed by atoms with Gasteiger partial charge in [-0.15, -0.1) is 0 Å². The Kier molecular flexibility index (Phi) is 5.85. The van der Waals surface area contributed by atoms with Crippen LogP contribution in [0.15, 0.2) is 43.0 Å². The van der Waals surface area contributed by atoms with Crippen molar-refractivity contribution in [3.05, 3.63) is 43.0 Å². The first-order valence-corrected chi connectivity index (χ1v) is 8.56. The van der Waals surface area contributed by atoms with Gasteiger partial charge in [-0.05, 0) is 56.4 Å². The Morgan fingerprint density at radius 2 is 2.17 bits per heavy atom. The lowest BCUT2D eigenvalue weighted by Gasteiger charge is -2.10. The summed E-state index contributed by atoms with van der Waals surface area (Å²) in [7, 11) is 0. The van der Waals surface area contributed by atoms with Gasteiger partial charge in [0, 0.05) is 36.9 Å². The molecule has 6 nitrogen and oxygen atoms in total. The number of nitrogens with one attached hydrogen (secondary N) is 2. The molecule has 0 spiro atoms. The van der Waals surface area contributed by atoms with E-state index >= 15 is 0 Å². The van der Waals surface area contributed by atoms with Crippen LogP contribution in [0.5, 0.6) is 0 Å². The molecule has 0 aliphatic carbocycles. The van der Waals surface area contributed by atoms with Crippen LogP contribution in [0, 0.1) is 0 Å². The average molecular weight is 328 g/mol. The van der Waals surface area contributed by atoms with E-state index in [0.717, 1.165) is 37.2 Å². The number of carbonyl (C=O) groups excluding carboxylic acids is 1. The summed E-state index contributed by atoms with van der Waals surface area (Å²) in [5.74, 6) is 0. The maximum Gasteiger partial charge on any atom is 0.319 e. The normalized spacial score (nSPS) is 16.9. The van der Waals surface area contributed by atoms with Crippen molar-refractivity contribution in [2.24, 2.45) is 0 Å². The van der Waals surface area contributed by atoms with E-state index in [2.05, 4.69) is 15.6 Å². The average Bonchev–Trinajstić information content (AvgIpc) is 3.29. The van der Waals surface area contributed by atoms with Gasteiger partial charge in [0.05, 0.1) is 12.4 Å². The van der Waals surface area contributed by atoms with Crippen molar-refractivity contribution in [2.75, 3.05) is 18.5 Å². The molecule has 128 valence electrons. The second-order valence-electron chi connectivity index (χ2n) is 6.03. The molecule has 0 radical (unpaired) electrons. The molecule has 3 rings (SSSR count). The summed E-state index contributed by atoms with van der Waals surface area (Å²) in [4.78, 5) is 15.9. The highest BCUT2D eigenvalue weighted by Gasteiger charge is 2.14. The van der Waals surface area contributed by atoms with Gasteiger partial charge in [0.25, 0.3) is 0 Å². The molecule has 24 heavy (non-hydrogen) atoms. The van der Waals surface area contributed by atoms with E-state index < -0.39 is 0 Å². The van der Waals surface area contributed by atoms with Crippen molar-refractivity contribution in [3.63, 3.8) is 0 Å². The number of benzene rings is 1. The molecular weight excluding hydrogens is 304 g/mol. The predicted octanol–water partition coefficient (Wildman–Crippen LogP) is 3.34. The summed E-state index contributed by atoms with van der Waals surface area (Å²) in [6, 6.07) is 7.48. The first kappa shape index (κ1) is 16.5. The van der Waals surface area contributed by atoms with Crippen LogP contribution in [0.2, 0.25) is 0 Å². The molecule has 1 atom stereocenters. The zero-order chi connectivity index (χ0) is 16.6. The zero-order valence-electron chi connectivity index (χ0n) is 13.8. The van der Waals surface area contributed by atoms with Crippen molar-refractivity contribution >= 4 is 11.7 Å². The van der Waals surface area contributed by atoms with Gasteiger partial charge < -0.3 is 19.9 Å². The number of nitrogens with zero attached hydrogens (tertiary/aromatic N) is 2. The second-order valence-corrected chi connectivity index (χ2v) is 6.03. The summed E-state index contributed by atoms with van der Waals surface area (Å²) in [6.45, 7) is 1.59. The molecule has 2 amide bonds. The Labute approximate surface area is 142 Å². The molecule has 1 aliphatic rings. The largest absolute Gasteiger partial charge is 0.378 e. The van der Waals surface area contributed by atoms with Crippen molar-refractivity contribution in [3.8, 4) is 5.69 Å². The Morgan fingerprint density at radius 1 is 1.29 bits per heavy atom. The fraction of sp³-hybridized carbons (Fsp3) is 0.444. The van der Waals surface area contributed by atoms with Gasteiger partial charge in [0.1, 0.15) is 0 Å². The van der Waals surface area contributed by atoms with E-state index in [4.69, 9.17) is 4.74 Å². The van der Waals surface area contributed by atoms with Crippen molar-refractivity contribution in [1.82, 2.24) is 14.9 Å². The fourth-order valence-electron chi connectivity index (χ4n) is 2.87. The van der Waals surface area contributed by atoms with Crippen LogP contribution in [0.1, 0.15) is 32.1 Å². The smallest absolute Gasteiger partial charge is 0.319 e. The molecule has 1 saturated heterocycles. The first-order valence-electron chi connectivity index (χ1n) is 8.56. The predicted molar refractivity (Wildman–Crippen MR) is 93.4 cm³/mol. The Morgan fingerprint density at radius 3 is 2.88 bits per heavy atom. The zero-order valence-corrected chi connectivity index (χ0v) is 13.8. The summed E-state index contributed by atoms with van der Waals surface area (Å²) in [6.07, 6.45) is 11.3. The summed E-state index contributed by atoms with van der Waals surface area (Å²) < 4.78 is 7.51. The van der Waals surface area contributed by atoms with Crippen LogP contribution in [0.25, 0.3) is 5.69 Å². The number of hydrogen-bond donors (Lipinski definition) is 2. The van der Waals surface area contributed by atoms with Gasteiger partial charge in [-0.3, -0.25) is 0 Å². The number of imidazole rings is 1. The van der Waals surface area contributed by atoms with Crippen LogP contribution >= 0.6 is 0 Å². The first-order chi connectivity index (χ1) is 11.8. The lowest BCUT2D eigenvalue weighted by Crippen LogP contribution is -2.29. The highest BCUT2D eigenvalue weighted by Crippen LogP contribution is 2.17. The fourth-order valence-corrected chi connectivity index (χ4v) is 2.87. The lowest BCUT2D eigenvalue weighted by molar-refractivity contribution is 0.102. The molecular formula is C18H24N4O2. The number of ether oxygens (including phenoxy) is 1. The second kappa shape index (κ2) is 8.49. The summed E-state index contributed by atoms with van der Waals surface area (Å²) in [5.41, 5.74) is 1.78. The van der Waals surface area contributed by atoms with E-state index in [1.54, 1.807) is 12.5 Å². The molecule has 0 unspecified atom stereocenters. The highest BCUT2D eigenvalue weighted by molar-refractivity contribution is 5.89. The summed E-state index contributed by atoms with van der Waals surface area (Å²) >= 11 is 0. The highest BCUT2D eigenvalue weighted by atomic mass is 16.5. The summed E-state index contributed by atoms with van der Waals surface area (Å²) in [5, 5.41) is 5.74. The van der Waals surface area contributed by atoms with Crippen LogP contribution in [-0.4, -0.2) is 34.8 Å². The molecule has 1 fully saturated rings. The van der Waals surface area contributed by atoms with Crippen molar-refractivity contribution < 1.29 is 9.53 Å². The molecule has 1 aliphatic heterocycles. The van der Waals surface area contributed by atoms with Gasteiger partial charge in [-0.25, -0.2) is 9.78 Å². The third kappa shape index (κ3) is 4.83. The maximum atomic E-state index is 11.9. The van der Waals surface area contributed by atoms with Gasteiger partial charge in [0.2, 0.25) is 0 Å². The molecule has 1 aromatic heterocycles. The van der Waals surface area contributed by atoms with E-state index in [9.17, 15) is 4.79 Å². The number of carbonyl (C=O) groups is 1. The van der Waals surface area contributed by atoms with Crippen LogP contribution < -0.4 is 10.6 Å². The van der Waals surface area contributed by atoms with E-state index in [1.165, 1.54) is 12.8 Å². The number of unbranched alkanes of at least 4 members (excludes halogenated alkanes) is 1. The van der Waals surface area contributed by atoms with Crippen LogP contribution in [-0.2, 0) is 4.74 Å². The molecule has 0 saturated carbocycles. The van der Waals surface area contributed by atoms with Gasteiger partial charge in [0.15, 0.2) is 0 Å². The van der Waals surface area contributed by atoms with E-state index in [1.807, 2.05) is 35.0 Å². The third-order valence-corrected chi connectivity index (χ3v) is 4.19. The topological polar surface area (TPSA) is 68.2 Å². The quantitative estimate of drug-likeness (QED) is 0.766. The molecule has 0 bridgehead atoms. The minimum Gasteiger partial charge on any atom is -0.378 e. The SMILES string of the molecule is O=C(NCCCC[C@@H]1CCCO1)Nc1ccc(-n2ccnc2)cc1. The van der Waals surface area contributed by atoms with Gasteiger partial charge >= 0.3 is 6.03 Å². The van der Waals surface area contributed by atoms with Crippen molar-refractivity contribution in [1.29, 1.82) is 0 Å².